The van der Waals surface area contributed by atoms with Crippen molar-refractivity contribution in [2.24, 2.45) is 0 Å². The van der Waals surface area contributed by atoms with Gasteiger partial charge in [-0.1, -0.05) is 12.1 Å². The van der Waals surface area contributed by atoms with Gasteiger partial charge in [0.2, 0.25) is 5.91 Å². The number of benzene rings is 1. The fourth-order valence-electron chi connectivity index (χ4n) is 5.91. The van der Waals surface area contributed by atoms with E-state index in [0.717, 1.165) is 81.0 Å². The molecule has 3 aliphatic rings. The number of likely N-dealkylation sites (tertiary alicyclic amines) is 2. The Morgan fingerprint density at radius 3 is 2.61 bits per heavy atom. The Morgan fingerprint density at radius 2 is 1.84 bits per heavy atom. The SMILES string of the molecule is O=C(CNC(=O)c1cccc(CF)c1)N[C@@H]1CCN(C2CCC(c3ncc(C(=O)N4CCCC4)s3)CC2)C1. The van der Waals surface area contributed by atoms with Gasteiger partial charge in [0.15, 0.2) is 0 Å². The van der Waals surface area contributed by atoms with E-state index >= 15 is 0 Å². The van der Waals surface area contributed by atoms with Crippen LogP contribution < -0.4 is 10.6 Å². The molecule has 5 rings (SSSR count). The summed E-state index contributed by atoms with van der Waals surface area (Å²) in [5, 5.41) is 6.77. The van der Waals surface area contributed by atoms with E-state index in [1.165, 1.54) is 6.07 Å². The molecule has 3 amide bonds. The number of alkyl halides is 1. The quantitative estimate of drug-likeness (QED) is 0.534. The molecule has 2 aliphatic heterocycles. The lowest BCUT2D eigenvalue weighted by atomic mass is 9.86. The van der Waals surface area contributed by atoms with Crippen molar-refractivity contribution in [1.29, 1.82) is 0 Å². The minimum atomic E-state index is -0.632. The molecule has 1 aliphatic carbocycles. The minimum Gasteiger partial charge on any atom is -0.350 e. The molecule has 1 saturated carbocycles. The molecule has 2 aromatic rings. The number of carbonyl (C=O) groups excluding carboxylic acids is 3. The lowest BCUT2D eigenvalue weighted by Gasteiger charge is -2.34. The highest BCUT2D eigenvalue weighted by Gasteiger charge is 2.33. The van der Waals surface area contributed by atoms with Gasteiger partial charge in [0.05, 0.1) is 17.7 Å². The summed E-state index contributed by atoms with van der Waals surface area (Å²) in [5.74, 6) is -0.0361. The Hall–Kier alpha value is -2.85. The third-order valence-electron chi connectivity index (χ3n) is 8.03. The van der Waals surface area contributed by atoms with Crippen molar-refractivity contribution in [2.45, 2.75) is 69.6 Å². The Balaban J connectivity index is 1.03. The number of rotatable bonds is 8. The van der Waals surface area contributed by atoms with Crippen molar-refractivity contribution in [3.8, 4) is 0 Å². The van der Waals surface area contributed by atoms with E-state index < -0.39 is 6.67 Å². The van der Waals surface area contributed by atoms with E-state index in [2.05, 4.69) is 20.5 Å². The van der Waals surface area contributed by atoms with Gasteiger partial charge in [-0.3, -0.25) is 19.3 Å². The van der Waals surface area contributed by atoms with Gasteiger partial charge < -0.3 is 15.5 Å². The topological polar surface area (TPSA) is 94.6 Å². The fourth-order valence-corrected chi connectivity index (χ4v) is 6.97. The number of nitrogens with zero attached hydrogens (tertiary/aromatic N) is 3. The van der Waals surface area contributed by atoms with Gasteiger partial charge in [0.1, 0.15) is 11.6 Å². The molecule has 1 aromatic carbocycles. The van der Waals surface area contributed by atoms with Gasteiger partial charge in [0, 0.05) is 49.7 Å². The zero-order valence-electron chi connectivity index (χ0n) is 21.7. The lowest BCUT2D eigenvalue weighted by Crippen LogP contribution is -2.44. The summed E-state index contributed by atoms with van der Waals surface area (Å²) < 4.78 is 12.8. The molecule has 204 valence electrons. The first kappa shape index (κ1) is 26.7. The van der Waals surface area contributed by atoms with E-state index in [9.17, 15) is 18.8 Å². The third kappa shape index (κ3) is 6.40. The van der Waals surface area contributed by atoms with E-state index in [1.54, 1.807) is 35.7 Å². The van der Waals surface area contributed by atoms with E-state index in [-0.39, 0.29) is 30.3 Å². The van der Waals surface area contributed by atoms with Crippen LogP contribution in [0.5, 0.6) is 0 Å². The highest BCUT2D eigenvalue weighted by atomic mass is 32.1. The average Bonchev–Trinajstić information content (AvgIpc) is 3.74. The molecule has 0 spiro atoms. The van der Waals surface area contributed by atoms with Gasteiger partial charge in [-0.25, -0.2) is 9.37 Å². The van der Waals surface area contributed by atoms with Crippen molar-refractivity contribution in [3.63, 3.8) is 0 Å². The van der Waals surface area contributed by atoms with Crippen LogP contribution in [-0.4, -0.2) is 77.3 Å². The summed E-state index contributed by atoms with van der Waals surface area (Å²) in [6.07, 6.45) is 9.17. The molecule has 0 unspecified atom stereocenters. The first-order chi connectivity index (χ1) is 18.5. The molecule has 3 fully saturated rings. The van der Waals surface area contributed by atoms with Gasteiger partial charge in [-0.15, -0.1) is 11.3 Å². The summed E-state index contributed by atoms with van der Waals surface area (Å²) in [7, 11) is 0. The lowest BCUT2D eigenvalue weighted by molar-refractivity contribution is -0.120. The van der Waals surface area contributed by atoms with Crippen LogP contribution in [0.2, 0.25) is 0 Å². The van der Waals surface area contributed by atoms with E-state index in [0.29, 0.717) is 23.1 Å². The Labute approximate surface area is 227 Å². The number of carbonyl (C=O) groups is 3. The first-order valence-corrected chi connectivity index (χ1v) is 14.5. The second-order valence-electron chi connectivity index (χ2n) is 10.6. The maximum atomic E-state index is 12.8. The zero-order chi connectivity index (χ0) is 26.5. The average molecular weight is 542 g/mol. The van der Waals surface area contributed by atoms with Crippen LogP contribution in [0.1, 0.15) is 81.5 Å². The van der Waals surface area contributed by atoms with Crippen LogP contribution in [-0.2, 0) is 11.5 Å². The fraction of sp³-hybridized carbons (Fsp3) is 0.571. The van der Waals surface area contributed by atoms with Gasteiger partial charge in [0.25, 0.3) is 11.8 Å². The minimum absolute atomic E-state index is 0.0742. The smallest absolute Gasteiger partial charge is 0.265 e. The molecule has 8 nitrogen and oxygen atoms in total. The number of thiazole rings is 1. The normalized spacial score (nSPS) is 23.9. The van der Waals surface area contributed by atoms with Crippen molar-refractivity contribution >= 4 is 29.1 Å². The van der Waals surface area contributed by atoms with Gasteiger partial charge >= 0.3 is 0 Å². The summed E-state index contributed by atoms with van der Waals surface area (Å²) >= 11 is 1.57. The molecule has 1 aromatic heterocycles. The third-order valence-corrected chi connectivity index (χ3v) is 9.18. The van der Waals surface area contributed by atoms with Crippen LogP contribution in [0, 0.1) is 0 Å². The number of hydrogen-bond donors (Lipinski definition) is 2. The van der Waals surface area contributed by atoms with Crippen LogP contribution in [0.3, 0.4) is 0 Å². The molecule has 38 heavy (non-hydrogen) atoms. The molecular weight excluding hydrogens is 505 g/mol. The molecule has 2 N–H and O–H groups in total. The van der Waals surface area contributed by atoms with Crippen molar-refractivity contribution in [3.05, 3.63) is 51.5 Å². The molecule has 10 heteroatoms. The van der Waals surface area contributed by atoms with E-state index in [4.69, 9.17) is 0 Å². The Morgan fingerprint density at radius 1 is 1.05 bits per heavy atom. The second-order valence-corrected chi connectivity index (χ2v) is 11.7. The second kappa shape index (κ2) is 12.3. The predicted octanol–water partition coefficient (Wildman–Crippen LogP) is 3.50. The first-order valence-electron chi connectivity index (χ1n) is 13.7. The van der Waals surface area contributed by atoms with Gasteiger partial charge in [-0.05, 0) is 62.6 Å². The molecule has 0 radical (unpaired) electrons. The molecule has 1 atom stereocenters. The molecular formula is C28H36FN5O3S. The van der Waals surface area contributed by atoms with Crippen molar-refractivity contribution in [1.82, 2.24) is 25.4 Å². The Bertz CT molecular complexity index is 1140. The van der Waals surface area contributed by atoms with Gasteiger partial charge in [-0.2, -0.15) is 0 Å². The summed E-state index contributed by atoms with van der Waals surface area (Å²) in [5.41, 5.74) is 0.786. The highest BCUT2D eigenvalue weighted by Crippen LogP contribution is 2.37. The van der Waals surface area contributed by atoms with Crippen molar-refractivity contribution < 1.29 is 18.8 Å². The maximum absolute atomic E-state index is 12.8. The molecule has 0 bridgehead atoms. The molecule has 2 saturated heterocycles. The number of hydrogen-bond acceptors (Lipinski definition) is 6. The predicted molar refractivity (Wildman–Crippen MR) is 144 cm³/mol. The summed E-state index contributed by atoms with van der Waals surface area (Å²) in [4.78, 5) is 47.2. The largest absolute Gasteiger partial charge is 0.350 e. The standard InChI is InChI=1S/C28H36FN5O3S/c29-15-19-4-3-5-21(14-19)26(36)30-17-25(35)32-22-10-13-34(18-22)23-8-6-20(7-9-23)27-31-16-24(38-27)28(37)33-11-1-2-12-33/h3-5,14,16,20,22-23H,1-2,6-13,15,17-18H2,(H,30,36)(H,32,35)/t20?,22-,23?/m1/s1. The number of nitrogens with one attached hydrogen (secondary N) is 2. The van der Waals surface area contributed by atoms with Crippen LogP contribution in [0.15, 0.2) is 30.5 Å². The highest BCUT2D eigenvalue weighted by molar-refractivity contribution is 7.13. The van der Waals surface area contributed by atoms with Crippen LogP contribution in [0.4, 0.5) is 4.39 Å². The number of aromatic nitrogens is 1. The number of amides is 3. The zero-order valence-corrected chi connectivity index (χ0v) is 22.5. The Kier molecular flexibility index (Phi) is 8.68. The van der Waals surface area contributed by atoms with Crippen molar-refractivity contribution in [2.75, 3.05) is 32.7 Å². The van der Waals surface area contributed by atoms with Crippen LogP contribution >= 0.6 is 11.3 Å². The van der Waals surface area contributed by atoms with Crippen LogP contribution in [0.25, 0.3) is 0 Å². The maximum Gasteiger partial charge on any atom is 0.265 e. The summed E-state index contributed by atoms with van der Waals surface area (Å²) in [6, 6.07) is 6.94. The summed E-state index contributed by atoms with van der Waals surface area (Å²) in [6.45, 7) is 2.76. The number of halogens is 1. The van der Waals surface area contributed by atoms with E-state index in [1.807, 2.05) is 4.90 Å². The monoisotopic (exact) mass is 541 g/mol. The molecule has 3 heterocycles.